The van der Waals surface area contributed by atoms with E-state index >= 15 is 0 Å². The number of fused-ring (bicyclic) bond motifs is 1. The molecular weight excluding hydrogens is 518 g/mol. The van der Waals surface area contributed by atoms with Crippen LogP contribution in [-0.4, -0.2) is 60.4 Å². The van der Waals surface area contributed by atoms with Gasteiger partial charge in [-0.15, -0.1) is 0 Å². The molecule has 9 heteroatoms. The van der Waals surface area contributed by atoms with Crippen molar-refractivity contribution in [1.82, 2.24) is 20.2 Å². The second-order valence-electron chi connectivity index (χ2n) is 9.50. The molecule has 2 N–H and O–H groups in total. The molecule has 4 aromatic rings. The SMILES string of the molecule is CCOC(=O)N1CCC(NCC#Cc2ccc3ncnc(Nc4ccc(Oc5ccccc5)c(OC)c4)c3c2)CC1. The van der Waals surface area contributed by atoms with Gasteiger partial charge in [0.15, 0.2) is 11.5 Å². The van der Waals surface area contributed by atoms with Crippen LogP contribution in [0.3, 0.4) is 0 Å². The van der Waals surface area contributed by atoms with E-state index in [-0.39, 0.29) is 6.09 Å². The Hall–Kier alpha value is -4.81. The van der Waals surface area contributed by atoms with Crippen LogP contribution in [0.25, 0.3) is 10.9 Å². The molecule has 0 atom stereocenters. The average molecular weight is 552 g/mol. The van der Waals surface area contributed by atoms with Crippen LogP contribution < -0.4 is 20.1 Å². The zero-order valence-electron chi connectivity index (χ0n) is 23.2. The lowest BCUT2D eigenvalue weighted by atomic mass is 10.1. The molecule has 3 aromatic carbocycles. The first-order valence-electron chi connectivity index (χ1n) is 13.7. The van der Waals surface area contributed by atoms with E-state index < -0.39 is 0 Å². The van der Waals surface area contributed by atoms with Crippen molar-refractivity contribution in [3.8, 4) is 29.1 Å². The first kappa shape index (κ1) is 27.7. The Labute approximate surface area is 239 Å². The molecule has 0 spiro atoms. The van der Waals surface area contributed by atoms with E-state index in [2.05, 4.69) is 32.4 Å². The van der Waals surface area contributed by atoms with Crippen molar-refractivity contribution in [2.75, 3.05) is 38.7 Å². The van der Waals surface area contributed by atoms with Crippen LogP contribution in [0.2, 0.25) is 0 Å². The van der Waals surface area contributed by atoms with Crippen LogP contribution in [0.15, 0.2) is 73.1 Å². The van der Waals surface area contributed by atoms with E-state index in [4.69, 9.17) is 14.2 Å². The number of para-hydroxylation sites is 1. The molecule has 5 rings (SSSR count). The number of ether oxygens (including phenoxy) is 3. The molecule has 210 valence electrons. The lowest BCUT2D eigenvalue weighted by Gasteiger charge is -2.31. The first-order valence-corrected chi connectivity index (χ1v) is 13.7. The van der Waals surface area contributed by atoms with Gasteiger partial charge in [-0.3, -0.25) is 0 Å². The van der Waals surface area contributed by atoms with E-state index in [9.17, 15) is 4.79 Å². The minimum absolute atomic E-state index is 0.229. The molecule has 0 bridgehead atoms. The predicted molar refractivity (Wildman–Crippen MR) is 159 cm³/mol. The number of nitrogens with zero attached hydrogens (tertiary/aromatic N) is 3. The number of hydrogen-bond acceptors (Lipinski definition) is 8. The maximum absolute atomic E-state index is 11.9. The quantitative estimate of drug-likeness (QED) is 0.268. The van der Waals surface area contributed by atoms with Crippen molar-refractivity contribution in [3.05, 3.63) is 78.6 Å². The van der Waals surface area contributed by atoms with E-state index in [0.29, 0.717) is 49.6 Å². The summed E-state index contributed by atoms with van der Waals surface area (Å²) in [5.74, 6) is 9.08. The van der Waals surface area contributed by atoms with E-state index in [1.54, 1.807) is 12.0 Å². The van der Waals surface area contributed by atoms with Crippen molar-refractivity contribution in [2.45, 2.75) is 25.8 Å². The molecule has 2 heterocycles. The number of rotatable bonds is 8. The standard InChI is InChI=1S/C32H33N5O4/c1-3-40-32(38)37-18-15-24(16-19-37)33-17-7-8-23-11-13-28-27(20-23)31(35-22-34-28)36-25-12-14-29(30(21-25)39-2)41-26-9-5-4-6-10-26/h4-6,9-14,20-22,24,33H,3,15-19H2,1-2H3,(H,34,35,36). The molecule has 1 aliphatic rings. The van der Waals surface area contributed by atoms with Crippen molar-refractivity contribution in [1.29, 1.82) is 0 Å². The fraction of sp³-hybridized carbons (Fsp3) is 0.281. The molecule has 1 fully saturated rings. The van der Waals surface area contributed by atoms with E-state index in [0.717, 1.165) is 40.7 Å². The number of carbonyl (C=O) groups excluding carboxylic acids is 1. The largest absolute Gasteiger partial charge is 0.493 e. The van der Waals surface area contributed by atoms with Crippen molar-refractivity contribution >= 4 is 28.5 Å². The lowest BCUT2D eigenvalue weighted by Crippen LogP contribution is -2.45. The van der Waals surface area contributed by atoms with Gasteiger partial charge in [0, 0.05) is 41.8 Å². The number of likely N-dealkylation sites (tertiary alicyclic amines) is 1. The number of piperidine rings is 1. The highest BCUT2D eigenvalue weighted by Crippen LogP contribution is 2.35. The second-order valence-corrected chi connectivity index (χ2v) is 9.50. The summed E-state index contributed by atoms with van der Waals surface area (Å²) in [6.07, 6.45) is 3.07. The minimum atomic E-state index is -0.229. The monoisotopic (exact) mass is 551 g/mol. The number of carbonyl (C=O) groups is 1. The van der Waals surface area contributed by atoms with Crippen LogP contribution in [0.1, 0.15) is 25.3 Å². The van der Waals surface area contributed by atoms with Gasteiger partial charge >= 0.3 is 6.09 Å². The van der Waals surface area contributed by atoms with Crippen molar-refractivity contribution < 1.29 is 19.0 Å². The topological polar surface area (TPSA) is 97.8 Å². The van der Waals surface area contributed by atoms with Gasteiger partial charge in [0.25, 0.3) is 0 Å². The number of amides is 1. The lowest BCUT2D eigenvalue weighted by molar-refractivity contribution is 0.0954. The zero-order chi connectivity index (χ0) is 28.4. The second kappa shape index (κ2) is 13.5. The van der Waals surface area contributed by atoms with Crippen molar-refractivity contribution in [3.63, 3.8) is 0 Å². The third kappa shape index (κ3) is 7.24. The molecule has 1 saturated heterocycles. The smallest absolute Gasteiger partial charge is 0.409 e. The number of anilines is 2. The van der Waals surface area contributed by atoms with Gasteiger partial charge in [0.1, 0.15) is 17.9 Å². The summed E-state index contributed by atoms with van der Waals surface area (Å²) < 4.78 is 16.7. The van der Waals surface area contributed by atoms with E-state index in [1.165, 1.54) is 6.33 Å². The first-order chi connectivity index (χ1) is 20.1. The summed E-state index contributed by atoms with van der Waals surface area (Å²) in [6, 6.07) is 21.5. The zero-order valence-corrected chi connectivity index (χ0v) is 23.2. The molecule has 1 amide bonds. The predicted octanol–water partition coefficient (Wildman–Crippen LogP) is 5.74. The molecule has 0 unspecified atom stereocenters. The maximum atomic E-state index is 11.9. The van der Waals surface area contributed by atoms with Crippen LogP contribution in [0.5, 0.6) is 17.2 Å². The highest BCUT2D eigenvalue weighted by molar-refractivity contribution is 5.91. The van der Waals surface area contributed by atoms with Gasteiger partial charge in [-0.25, -0.2) is 14.8 Å². The summed E-state index contributed by atoms with van der Waals surface area (Å²) >= 11 is 0. The van der Waals surface area contributed by atoms with Crippen LogP contribution >= 0.6 is 0 Å². The number of methoxy groups -OCH3 is 1. The highest BCUT2D eigenvalue weighted by Gasteiger charge is 2.22. The highest BCUT2D eigenvalue weighted by atomic mass is 16.6. The van der Waals surface area contributed by atoms with Gasteiger partial charge in [-0.1, -0.05) is 30.0 Å². The Morgan fingerprint density at radius 1 is 1.02 bits per heavy atom. The molecule has 1 aromatic heterocycles. The van der Waals surface area contributed by atoms with Crippen LogP contribution in [-0.2, 0) is 4.74 Å². The normalized spacial score (nSPS) is 13.3. The Morgan fingerprint density at radius 2 is 1.85 bits per heavy atom. The summed E-state index contributed by atoms with van der Waals surface area (Å²) in [5.41, 5.74) is 2.49. The van der Waals surface area contributed by atoms with Crippen LogP contribution in [0.4, 0.5) is 16.3 Å². The van der Waals surface area contributed by atoms with Gasteiger partial charge in [-0.05, 0) is 62.2 Å². The third-order valence-electron chi connectivity index (χ3n) is 6.77. The third-order valence-corrected chi connectivity index (χ3v) is 6.77. The molecule has 0 radical (unpaired) electrons. The Kier molecular flexibility index (Phi) is 9.14. The fourth-order valence-corrected chi connectivity index (χ4v) is 4.64. The minimum Gasteiger partial charge on any atom is -0.493 e. The average Bonchev–Trinajstić information content (AvgIpc) is 3.01. The number of benzene rings is 3. The van der Waals surface area contributed by atoms with Gasteiger partial charge in [0.05, 0.1) is 25.8 Å². The molecule has 1 aliphatic heterocycles. The molecule has 9 nitrogen and oxygen atoms in total. The maximum Gasteiger partial charge on any atom is 0.409 e. The molecule has 41 heavy (non-hydrogen) atoms. The number of hydrogen-bond donors (Lipinski definition) is 2. The summed E-state index contributed by atoms with van der Waals surface area (Å²) in [6.45, 7) is 4.18. The Balaban J connectivity index is 1.23. The number of nitrogens with one attached hydrogen (secondary N) is 2. The summed E-state index contributed by atoms with van der Waals surface area (Å²) in [4.78, 5) is 22.5. The summed E-state index contributed by atoms with van der Waals surface area (Å²) in [5, 5.41) is 7.73. The number of aromatic nitrogens is 2. The Morgan fingerprint density at radius 3 is 2.63 bits per heavy atom. The Bertz CT molecular complexity index is 1540. The van der Waals surface area contributed by atoms with Crippen molar-refractivity contribution in [2.24, 2.45) is 0 Å². The fourth-order valence-electron chi connectivity index (χ4n) is 4.64. The molecule has 0 aliphatic carbocycles. The molecular formula is C32H33N5O4. The van der Waals surface area contributed by atoms with Gasteiger partial charge in [-0.2, -0.15) is 0 Å². The van der Waals surface area contributed by atoms with Gasteiger partial charge < -0.3 is 29.7 Å². The van der Waals surface area contributed by atoms with Crippen LogP contribution in [0, 0.1) is 11.8 Å². The van der Waals surface area contributed by atoms with E-state index in [1.807, 2.05) is 73.7 Å². The molecule has 0 saturated carbocycles. The summed E-state index contributed by atoms with van der Waals surface area (Å²) in [7, 11) is 1.61. The van der Waals surface area contributed by atoms with Gasteiger partial charge in [0.2, 0.25) is 0 Å².